The monoisotopic (exact) mass is 287 g/mol. The Balaban J connectivity index is 1.63. The van der Waals surface area contributed by atoms with Gasteiger partial charge < -0.3 is 5.73 Å². The number of hydrogen-bond donors (Lipinski definition) is 1. The molecule has 0 aromatic heterocycles. The van der Waals surface area contributed by atoms with Crippen molar-refractivity contribution in [1.82, 2.24) is 9.80 Å². The molecule has 2 fully saturated rings. The summed E-state index contributed by atoms with van der Waals surface area (Å²) in [5, 5.41) is 0. The van der Waals surface area contributed by atoms with Gasteiger partial charge in [-0.15, -0.1) is 0 Å². The summed E-state index contributed by atoms with van der Waals surface area (Å²) in [7, 11) is 0. The van der Waals surface area contributed by atoms with Gasteiger partial charge in [0.1, 0.15) is 0 Å². The normalized spacial score (nSPS) is 25.8. The molecule has 3 nitrogen and oxygen atoms in total. The summed E-state index contributed by atoms with van der Waals surface area (Å²) in [5.74, 6) is 0. The minimum absolute atomic E-state index is 0.0975. The lowest BCUT2D eigenvalue weighted by molar-refractivity contribution is 0.0663. The molecule has 2 saturated heterocycles. The summed E-state index contributed by atoms with van der Waals surface area (Å²) in [6.45, 7) is 10.7. The molecule has 21 heavy (non-hydrogen) atoms. The zero-order chi connectivity index (χ0) is 14.9. The molecule has 116 valence electrons. The van der Waals surface area contributed by atoms with E-state index in [1.54, 1.807) is 0 Å². The highest BCUT2D eigenvalue weighted by atomic mass is 15.3. The molecule has 0 bridgehead atoms. The Hall–Kier alpha value is -0.900. The van der Waals surface area contributed by atoms with Crippen LogP contribution in [-0.2, 0) is 0 Å². The van der Waals surface area contributed by atoms with E-state index in [4.69, 9.17) is 5.73 Å². The van der Waals surface area contributed by atoms with Crippen LogP contribution in [0.2, 0.25) is 0 Å². The van der Waals surface area contributed by atoms with E-state index < -0.39 is 0 Å². The highest BCUT2D eigenvalue weighted by Gasteiger charge is 2.35. The average molecular weight is 287 g/mol. The molecular formula is C18H29N3. The first-order chi connectivity index (χ1) is 10.1. The van der Waals surface area contributed by atoms with E-state index in [0.29, 0.717) is 0 Å². The van der Waals surface area contributed by atoms with Crippen molar-refractivity contribution in [2.24, 2.45) is 11.1 Å². The van der Waals surface area contributed by atoms with Crippen LogP contribution in [0.4, 0.5) is 0 Å². The van der Waals surface area contributed by atoms with E-state index in [1.807, 2.05) is 0 Å². The maximum atomic E-state index is 6.56. The second kappa shape index (κ2) is 6.07. The summed E-state index contributed by atoms with van der Waals surface area (Å²) < 4.78 is 0. The molecule has 3 rings (SSSR count). The Labute approximate surface area is 129 Å². The minimum atomic E-state index is 0.0975. The lowest BCUT2D eigenvalue weighted by Gasteiger charge is -2.43. The van der Waals surface area contributed by atoms with Crippen molar-refractivity contribution in [1.29, 1.82) is 0 Å². The van der Waals surface area contributed by atoms with Gasteiger partial charge in [0.15, 0.2) is 0 Å². The summed E-state index contributed by atoms with van der Waals surface area (Å²) in [5.41, 5.74) is 7.91. The van der Waals surface area contributed by atoms with Gasteiger partial charge in [-0.3, -0.25) is 9.80 Å². The number of benzene rings is 1. The SMILES string of the molecule is CC(C)(CN1CCN2CCCC2C1)C(N)c1ccccc1. The van der Waals surface area contributed by atoms with Crippen LogP contribution in [0, 0.1) is 5.41 Å². The summed E-state index contributed by atoms with van der Waals surface area (Å²) in [6, 6.07) is 11.4. The first-order valence-corrected chi connectivity index (χ1v) is 8.33. The fourth-order valence-electron chi connectivity index (χ4n) is 3.99. The van der Waals surface area contributed by atoms with E-state index in [2.05, 4.69) is 54.0 Å². The molecule has 0 spiro atoms. The van der Waals surface area contributed by atoms with Crippen LogP contribution in [0.3, 0.4) is 0 Å². The largest absolute Gasteiger partial charge is 0.323 e. The van der Waals surface area contributed by atoms with Gasteiger partial charge in [-0.2, -0.15) is 0 Å². The smallest absolute Gasteiger partial charge is 0.0359 e. The number of nitrogens with two attached hydrogens (primary N) is 1. The molecule has 1 aromatic rings. The van der Waals surface area contributed by atoms with Crippen molar-refractivity contribution < 1.29 is 0 Å². The molecule has 2 N–H and O–H groups in total. The van der Waals surface area contributed by atoms with E-state index in [1.165, 1.54) is 44.6 Å². The summed E-state index contributed by atoms with van der Waals surface area (Å²) in [4.78, 5) is 5.30. The lowest BCUT2D eigenvalue weighted by Crippen LogP contribution is -2.53. The molecule has 0 aliphatic carbocycles. The lowest BCUT2D eigenvalue weighted by atomic mass is 9.80. The standard InChI is InChI=1S/C18H29N3/c1-18(2,17(19)15-7-4-3-5-8-15)14-20-11-12-21-10-6-9-16(21)13-20/h3-5,7-8,16-17H,6,9-14,19H2,1-2H3. The fraction of sp³-hybridized carbons (Fsp3) is 0.667. The van der Waals surface area contributed by atoms with Crippen LogP contribution in [-0.4, -0.2) is 48.6 Å². The summed E-state index contributed by atoms with van der Waals surface area (Å²) in [6.07, 6.45) is 2.76. The van der Waals surface area contributed by atoms with Gasteiger partial charge in [0.05, 0.1) is 0 Å². The first kappa shape index (κ1) is 15.0. The zero-order valence-corrected chi connectivity index (χ0v) is 13.5. The molecular weight excluding hydrogens is 258 g/mol. The van der Waals surface area contributed by atoms with Crippen molar-refractivity contribution >= 4 is 0 Å². The van der Waals surface area contributed by atoms with E-state index in [-0.39, 0.29) is 11.5 Å². The topological polar surface area (TPSA) is 32.5 Å². The van der Waals surface area contributed by atoms with Crippen LogP contribution in [0.25, 0.3) is 0 Å². The Morgan fingerprint density at radius 2 is 1.95 bits per heavy atom. The van der Waals surface area contributed by atoms with Crippen molar-refractivity contribution in [2.45, 2.75) is 38.8 Å². The van der Waals surface area contributed by atoms with Crippen LogP contribution in [0.1, 0.15) is 38.3 Å². The second-order valence-electron chi connectivity index (χ2n) is 7.44. The van der Waals surface area contributed by atoms with Crippen molar-refractivity contribution in [3.05, 3.63) is 35.9 Å². The van der Waals surface area contributed by atoms with Crippen LogP contribution in [0.15, 0.2) is 30.3 Å². The molecule has 2 unspecified atom stereocenters. The third-order valence-corrected chi connectivity index (χ3v) is 5.30. The first-order valence-electron chi connectivity index (χ1n) is 8.33. The number of nitrogens with zero attached hydrogens (tertiary/aromatic N) is 2. The predicted molar refractivity (Wildman–Crippen MR) is 88.2 cm³/mol. The number of rotatable bonds is 4. The molecule has 3 heteroatoms. The third-order valence-electron chi connectivity index (χ3n) is 5.30. The van der Waals surface area contributed by atoms with Crippen LogP contribution in [0.5, 0.6) is 0 Å². The molecule has 2 atom stereocenters. The molecule has 2 aliphatic heterocycles. The minimum Gasteiger partial charge on any atom is -0.323 e. The maximum Gasteiger partial charge on any atom is 0.0359 e. The van der Waals surface area contributed by atoms with Crippen molar-refractivity contribution in [2.75, 3.05) is 32.7 Å². The van der Waals surface area contributed by atoms with Gasteiger partial charge in [-0.1, -0.05) is 44.2 Å². The number of piperazine rings is 1. The summed E-state index contributed by atoms with van der Waals surface area (Å²) >= 11 is 0. The molecule has 0 radical (unpaired) electrons. The Morgan fingerprint density at radius 1 is 1.19 bits per heavy atom. The fourth-order valence-corrected chi connectivity index (χ4v) is 3.99. The van der Waals surface area contributed by atoms with E-state index in [9.17, 15) is 0 Å². The van der Waals surface area contributed by atoms with Crippen LogP contribution < -0.4 is 5.73 Å². The third kappa shape index (κ3) is 3.31. The Morgan fingerprint density at radius 3 is 2.71 bits per heavy atom. The number of hydrogen-bond acceptors (Lipinski definition) is 3. The zero-order valence-electron chi connectivity index (χ0n) is 13.5. The van der Waals surface area contributed by atoms with Gasteiger partial charge in [0.25, 0.3) is 0 Å². The quantitative estimate of drug-likeness (QED) is 0.923. The van der Waals surface area contributed by atoms with Crippen molar-refractivity contribution in [3.63, 3.8) is 0 Å². The Kier molecular flexibility index (Phi) is 4.34. The van der Waals surface area contributed by atoms with Gasteiger partial charge in [-0.05, 0) is 30.4 Å². The predicted octanol–water partition coefficient (Wildman–Crippen LogP) is 2.49. The van der Waals surface area contributed by atoms with Gasteiger partial charge >= 0.3 is 0 Å². The molecule has 2 aliphatic rings. The van der Waals surface area contributed by atoms with Crippen molar-refractivity contribution in [3.8, 4) is 0 Å². The van der Waals surface area contributed by atoms with Gasteiger partial charge in [0, 0.05) is 38.3 Å². The Bertz CT molecular complexity index is 457. The average Bonchev–Trinajstić information content (AvgIpc) is 2.94. The van der Waals surface area contributed by atoms with Crippen LogP contribution >= 0.6 is 0 Å². The second-order valence-corrected chi connectivity index (χ2v) is 7.44. The molecule has 2 heterocycles. The highest BCUT2D eigenvalue weighted by molar-refractivity contribution is 5.20. The highest BCUT2D eigenvalue weighted by Crippen LogP contribution is 2.33. The van der Waals surface area contributed by atoms with E-state index >= 15 is 0 Å². The molecule has 0 saturated carbocycles. The van der Waals surface area contributed by atoms with Gasteiger partial charge in [0.2, 0.25) is 0 Å². The van der Waals surface area contributed by atoms with Gasteiger partial charge in [-0.25, -0.2) is 0 Å². The molecule has 1 aromatic carbocycles. The number of fused-ring (bicyclic) bond motifs is 1. The maximum absolute atomic E-state index is 6.56. The van der Waals surface area contributed by atoms with E-state index in [0.717, 1.165) is 12.6 Å². The molecule has 0 amide bonds.